The summed E-state index contributed by atoms with van der Waals surface area (Å²) in [5, 5.41) is 0. The molecular formula is C23H27NO3. The van der Waals surface area contributed by atoms with E-state index in [4.69, 9.17) is 4.74 Å². The summed E-state index contributed by atoms with van der Waals surface area (Å²) >= 11 is 0. The van der Waals surface area contributed by atoms with Gasteiger partial charge in [-0.1, -0.05) is 61.7 Å². The molecule has 1 amide bonds. The van der Waals surface area contributed by atoms with E-state index in [9.17, 15) is 9.59 Å². The van der Waals surface area contributed by atoms with Crippen molar-refractivity contribution in [2.24, 2.45) is 5.92 Å². The lowest BCUT2D eigenvalue weighted by molar-refractivity contribution is 0.0870. The standard InChI is InChI=1S/C23H27NO3/c1-4-6-9-19-21(17-14-12-16(3)13-15-17)24(23(26)27-5-2)20-11-8-7-10-18(20)22(19)25/h7-8,10-15,19,21H,4-6,9H2,1-3H3/t19-,21-/m0/s1. The van der Waals surface area contributed by atoms with E-state index in [1.54, 1.807) is 11.8 Å². The minimum absolute atomic E-state index is 0.116. The molecule has 0 unspecified atom stereocenters. The molecule has 1 aliphatic rings. The molecule has 0 N–H and O–H groups in total. The number of hydrogen-bond acceptors (Lipinski definition) is 3. The normalized spacial score (nSPS) is 18.9. The molecule has 0 radical (unpaired) electrons. The number of aryl methyl sites for hydroxylation is 1. The summed E-state index contributed by atoms with van der Waals surface area (Å²) < 4.78 is 5.38. The molecule has 142 valence electrons. The Morgan fingerprint density at radius 1 is 1.07 bits per heavy atom. The maximum Gasteiger partial charge on any atom is 0.414 e. The quantitative estimate of drug-likeness (QED) is 0.682. The third-order valence-corrected chi connectivity index (χ3v) is 5.18. The molecule has 0 spiro atoms. The van der Waals surface area contributed by atoms with Crippen molar-refractivity contribution in [3.05, 3.63) is 65.2 Å². The first-order valence-electron chi connectivity index (χ1n) is 9.74. The second-order valence-corrected chi connectivity index (χ2v) is 7.05. The number of nitrogens with zero attached hydrogens (tertiary/aromatic N) is 1. The number of rotatable bonds is 5. The number of unbranched alkanes of at least 4 members (excludes halogenated alkanes) is 1. The SMILES string of the molecule is CCCC[C@@H]1C(=O)c2ccccc2N(C(=O)OCC)[C@H]1c1ccc(C)cc1. The number of amides is 1. The van der Waals surface area contributed by atoms with Crippen LogP contribution in [0.15, 0.2) is 48.5 Å². The number of carbonyl (C=O) groups is 2. The van der Waals surface area contributed by atoms with Gasteiger partial charge in [0, 0.05) is 11.5 Å². The van der Waals surface area contributed by atoms with Gasteiger partial charge in [0.25, 0.3) is 0 Å². The highest BCUT2D eigenvalue weighted by Crippen LogP contribution is 2.44. The van der Waals surface area contributed by atoms with Gasteiger partial charge in [0.2, 0.25) is 0 Å². The molecule has 27 heavy (non-hydrogen) atoms. The van der Waals surface area contributed by atoms with Crippen molar-refractivity contribution in [3.63, 3.8) is 0 Å². The van der Waals surface area contributed by atoms with Gasteiger partial charge < -0.3 is 4.74 Å². The minimum atomic E-state index is -0.399. The van der Waals surface area contributed by atoms with Crippen LogP contribution in [0.2, 0.25) is 0 Å². The zero-order valence-corrected chi connectivity index (χ0v) is 16.3. The zero-order valence-electron chi connectivity index (χ0n) is 16.3. The largest absolute Gasteiger partial charge is 0.449 e. The lowest BCUT2D eigenvalue weighted by atomic mass is 9.78. The maximum atomic E-state index is 13.3. The van der Waals surface area contributed by atoms with Crippen LogP contribution in [-0.2, 0) is 4.74 Å². The molecule has 2 aromatic carbocycles. The van der Waals surface area contributed by atoms with Crippen molar-refractivity contribution < 1.29 is 14.3 Å². The average Bonchev–Trinajstić information content (AvgIpc) is 2.68. The summed E-state index contributed by atoms with van der Waals surface area (Å²) in [4.78, 5) is 27.9. The third-order valence-electron chi connectivity index (χ3n) is 5.18. The van der Waals surface area contributed by atoms with Crippen molar-refractivity contribution in [3.8, 4) is 0 Å². The Morgan fingerprint density at radius 2 is 1.78 bits per heavy atom. The maximum absolute atomic E-state index is 13.3. The van der Waals surface area contributed by atoms with Gasteiger partial charge in [0.1, 0.15) is 0 Å². The van der Waals surface area contributed by atoms with E-state index in [0.717, 1.165) is 30.4 Å². The molecular weight excluding hydrogens is 338 g/mol. The summed E-state index contributed by atoms with van der Waals surface area (Å²) in [6, 6.07) is 15.1. The fraction of sp³-hybridized carbons (Fsp3) is 0.391. The Balaban J connectivity index is 2.16. The molecule has 4 nitrogen and oxygen atoms in total. The summed E-state index contributed by atoms with van der Waals surface area (Å²) in [7, 11) is 0. The first kappa shape index (κ1) is 19.2. The van der Waals surface area contributed by atoms with Crippen LogP contribution >= 0.6 is 0 Å². The second-order valence-electron chi connectivity index (χ2n) is 7.05. The van der Waals surface area contributed by atoms with Gasteiger partial charge in [-0.25, -0.2) is 4.79 Å². The molecule has 0 aromatic heterocycles. The predicted octanol–water partition coefficient (Wildman–Crippen LogP) is 5.70. The smallest absolute Gasteiger partial charge is 0.414 e. The average molecular weight is 365 g/mol. The predicted molar refractivity (Wildman–Crippen MR) is 107 cm³/mol. The Kier molecular flexibility index (Phi) is 5.94. The van der Waals surface area contributed by atoms with E-state index in [1.807, 2.05) is 55.5 Å². The van der Waals surface area contributed by atoms with Crippen LogP contribution in [0.3, 0.4) is 0 Å². The van der Waals surface area contributed by atoms with E-state index in [2.05, 4.69) is 6.92 Å². The van der Waals surface area contributed by atoms with Crippen LogP contribution in [0.5, 0.6) is 0 Å². The number of ether oxygens (including phenoxy) is 1. The Bertz CT molecular complexity index is 813. The fourth-order valence-corrected chi connectivity index (χ4v) is 3.83. The molecule has 0 fully saturated rings. The number of Topliss-reactive ketones (excluding diaryl/α,β-unsaturated/α-hetero) is 1. The van der Waals surface area contributed by atoms with Gasteiger partial charge >= 0.3 is 6.09 Å². The van der Waals surface area contributed by atoms with Gasteiger partial charge in [-0.3, -0.25) is 9.69 Å². The van der Waals surface area contributed by atoms with E-state index in [1.165, 1.54) is 0 Å². The van der Waals surface area contributed by atoms with Gasteiger partial charge in [-0.2, -0.15) is 0 Å². The van der Waals surface area contributed by atoms with Crippen LogP contribution in [-0.4, -0.2) is 18.5 Å². The highest BCUT2D eigenvalue weighted by molar-refractivity contribution is 6.09. The van der Waals surface area contributed by atoms with Gasteiger partial charge in [0.05, 0.1) is 18.3 Å². The van der Waals surface area contributed by atoms with Gasteiger partial charge in [0.15, 0.2) is 5.78 Å². The lowest BCUT2D eigenvalue weighted by Crippen LogP contribution is -2.46. The van der Waals surface area contributed by atoms with Crippen LogP contribution in [0.4, 0.5) is 10.5 Å². The number of fused-ring (bicyclic) bond motifs is 1. The first-order valence-corrected chi connectivity index (χ1v) is 9.74. The Morgan fingerprint density at radius 3 is 2.44 bits per heavy atom. The lowest BCUT2D eigenvalue weighted by Gasteiger charge is -2.41. The number of ketones is 1. The molecule has 0 aliphatic carbocycles. The second kappa shape index (κ2) is 8.38. The Hall–Kier alpha value is -2.62. The summed E-state index contributed by atoms with van der Waals surface area (Å²) in [6.45, 7) is 6.24. The summed E-state index contributed by atoms with van der Waals surface area (Å²) in [5.41, 5.74) is 3.36. The molecule has 4 heteroatoms. The van der Waals surface area contributed by atoms with Crippen LogP contribution in [0.1, 0.15) is 60.6 Å². The van der Waals surface area contributed by atoms with Gasteiger partial charge in [-0.05, 0) is 38.0 Å². The first-order chi connectivity index (χ1) is 13.1. The van der Waals surface area contributed by atoms with E-state index >= 15 is 0 Å². The highest BCUT2D eigenvalue weighted by Gasteiger charge is 2.43. The number of carbonyl (C=O) groups excluding carboxylic acids is 2. The monoisotopic (exact) mass is 365 g/mol. The minimum Gasteiger partial charge on any atom is -0.449 e. The molecule has 2 aromatic rings. The van der Waals surface area contributed by atoms with Crippen molar-refractivity contribution in [2.45, 2.75) is 46.1 Å². The number of anilines is 1. The number of para-hydroxylation sites is 1. The van der Waals surface area contributed by atoms with E-state index < -0.39 is 6.09 Å². The molecule has 1 heterocycles. The van der Waals surface area contributed by atoms with Crippen LogP contribution < -0.4 is 4.90 Å². The molecule has 2 atom stereocenters. The fourth-order valence-electron chi connectivity index (χ4n) is 3.83. The molecule has 3 rings (SSSR count). The topological polar surface area (TPSA) is 46.6 Å². The molecule has 0 saturated carbocycles. The molecule has 0 saturated heterocycles. The summed E-state index contributed by atoms with van der Waals surface area (Å²) in [5.74, 6) is -0.155. The van der Waals surface area contributed by atoms with E-state index in [0.29, 0.717) is 17.9 Å². The van der Waals surface area contributed by atoms with Crippen LogP contribution in [0.25, 0.3) is 0 Å². The molecule has 1 aliphatic heterocycles. The summed E-state index contributed by atoms with van der Waals surface area (Å²) in [6.07, 6.45) is 2.30. The number of hydrogen-bond donors (Lipinski definition) is 0. The van der Waals surface area contributed by atoms with Crippen LogP contribution in [0, 0.1) is 12.8 Å². The molecule has 0 bridgehead atoms. The van der Waals surface area contributed by atoms with Crippen molar-refractivity contribution in [2.75, 3.05) is 11.5 Å². The Labute approximate surface area is 161 Å². The zero-order chi connectivity index (χ0) is 19.4. The third kappa shape index (κ3) is 3.75. The number of benzene rings is 2. The van der Waals surface area contributed by atoms with E-state index in [-0.39, 0.29) is 17.7 Å². The van der Waals surface area contributed by atoms with Crippen molar-refractivity contribution in [1.82, 2.24) is 0 Å². The van der Waals surface area contributed by atoms with Crippen molar-refractivity contribution in [1.29, 1.82) is 0 Å². The van der Waals surface area contributed by atoms with Gasteiger partial charge in [-0.15, -0.1) is 0 Å². The van der Waals surface area contributed by atoms with Crippen molar-refractivity contribution >= 4 is 17.6 Å². The highest BCUT2D eigenvalue weighted by atomic mass is 16.6.